The van der Waals surface area contributed by atoms with Crippen LogP contribution in [0.1, 0.15) is 15.9 Å². The van der Waals surface area contributed by atoms with Crippen LogP contribution >= 0.6 is 12.2 Å². The summed E-state index contributed by atoms with van der Waals surface area (Å²) in [6.45, 7) is 0. The summed E-state index contributed by atoms with van der Waals surface area (Å²) in [5.41, 5.74) is 1.40. The Morgan fingerprint density at radius 2 is 2.04 bits per heavy atom. The van der Waals surface area contributed by atoms with E-state index in [1.54, 1.807) is 24.3 Å². The maximum absolute atomic E-state index is 13.4. The first-order valence-electron chi connectivity index (χ1n) is 6.85. The third kappa shape index (κ3) is 3.28. The van der Waals surface area contributed by atoms with Gasteiger partial charge in [0, 0.05) is 5.56 Å². The largest absolute Gasteiger partial charge is 0.478 e. The molecule has 0 saturated carbocycles. The molecule has 6 nitrogen and oxygen atoms in total. The third-order valence-electron chi connectivity index (χ3n) is 3.21. The molecule has 0 aliphatic carbocycles. The van der Waals surface area contributed by atoms with Crippen LogP contribution < -0.4 is 0 Å². The van der Waals surface area contributed by atoms with E-state index in [-0.39, 0.29) is 16.2 Å². The second-order valence-corrected chi connectivity index (χ2v) is 5.23. The monoisotopic (exact) mass is 342 g/mol. The van der Waals surface area contributed by atoms with Crippen molar-refractivity contribution in [1.82, 2.24) is 14.9 Å². The Morgan fingerprint density at radius 1 is 1.29 bits per heavy atom. The van der Waals surface area contributed by atoms with E-state index in [9.17, 15) is 9.18 Å². The lowest BCUT2D eigenvalue weighted by molar-refractivity contribution is 0.0697. The number of benzene rings is 2. The number of carboxylic acids is 1. The summed E-state index contributed by atoms with van der Waals surface area (Å²) in [6, 6.07) is 12.1. The molecule has 0 spiro atoms. The molecule has 0 saturated heterocycles. The number of hydrogen-bond donors (Lipinski definition) is 2. The van der Waals surface area contributed by atoms with Gasteiger partial charge < -0.3 is 5.11 Å². The fourth-order valence-electron chi connectivity index (χ4n) is 2.05. The highest BCUT2D eigenvalue weighted by molar-refractivity contribution is 7.71. The number of rotatable bonds is 4. The van der Waals surface area contributed by atoms with Gasteiger partial charge in [0.2, 0.25) is 4.77 Å². The SMILES string of the molecule is O=C(O)c1ccc(/C=N\n2c(-c3cccc(F)c3)n[nH]c2=S)cc1. The average Bonchev–Trinajstić information content (AvgIpc) is 2.94. The molecule has 120 valence electrons. The Morgan fingerprint density at radius 3 is 2.71 bits per heavy atom. The zero-order valence-corrected chi connectivity index (χ0v) is 13.0. The van der Waals surface area contributed by atoms with Gasteiger partial charge in [-0.15, -0.1) is 0 Å². The average molecular weight is 342 g/mol. The Labute approximate surface area is 140 Å². The van der Waals surface area contributed by atoms with Crippen LogP contribution in [-0.4, -0.2) is 32.2 Å². The highest BCUT2D eigenvalue weighted by atomic mass is 32.1. The Hall–Kier alpha value is -3.13. The zero-order chi connectivity index (χ0) is 17.1. The molecular formula is C16H11FN4O2S. The molecule has 0 aliphatic rings. The first-order valence-corrected chi connectivity index (χ1v) is 7.26. The summed E-state index contributed by atoms with van der Waals surface area (Å²) < 4.78 is 15.0. The number of H-pyrrole nitrogens is 1. The standard InChI is InChI=1S/C16H11FN4O2S/c17-13-3-1-2-12(8-13)14-19-20-16(24)21(14)18-9-10-4-6-11(7-5-10)15(22)23/h1-9H,(H,20,24)(H,22,23)/b18-9-. The molecule has 0 bridgehead atoms. The number of aromatic nitrogens is 3. The van der Waals surface area contributed by atoms with Crippen LogP contribution in [0.5, 0.6) is 0 Å². The van der Waals surface area contributed by atoms with E-state index in [4.69, 9.17) is 17.3 Å². The maximum Gasteiger partial charge on any atom is 0.335 e. The number of hydrogen-bond acceptors (Lipinski definition) is 4. The highest BCUT2D eigenvalue weighted by Gasteiger charge is 2.08. The molecule has 0 atom stereocenters. The number of nitrogens with one attached hydrogen (secondary N) is 1. The molecule has 0 amide bonds. The predicted molar refractivity (Wildman–Crippen MR) is 89.2 cm³/mol. The van der Waals surface area contributed by atoms with Gasteiger partial charge in [0.25, 0.3) is 0 Å². The molecule has 0 radical (unpaired) electrons. The minimum atomic E-state index is -0.996. The van der Waals surface area contributed by atoms with Gasteiger partial charge in [0.15, 0.2) is 5.82 Å². The normalized spacial score (nSPS) is 11.0. The van der Waals surface area contributed by atoms with Gasteiger partial charge in [-0.05, 0) is 42.0 Å². The molecule has 8 heteroatoms. The number of aromatic amines is 1. The highest BCUT2D eigenvalue weighted by Crippen LogP contribution is 2.18. The van der Waals surface area contributed by atoms with Crippen LogP contribution in [0.3, 0.4) is 0 Å². The van der Waals surface area contributed by atoms with Crippen molar-refractivity contribution in [3.63, 3.8) is 0 Å². The van der Waals surface area contributed by atoms with Gasteiger partial charge in [-0.3, -0.25) is 0 Å². The number of halogens is 1. The van der Waals surface area contributed by atoms with E-state index in [2.05, 4.69) is 15.3 Å². The van der Waals surface area contributed by atoms with Crippen LogP contribution in [0, 0.1) is 10.6 Å². The Bertz CT molecular complexity index is 976. The number of aromatic carboxylic acids is 1. The van der Waals surface area contributed by atoms with E-state index < -0.39 is 5.97 Å². The molecule has 3 aromatic rings. The summed E-state index contributed by atoms with van der Waals surface area (Å²) in [5, 5.41) is 19.8. The predicted octanol–water partition coefficient (Wildman–Crippen LogP) is 3.33. The van der Waals surface area contributed by atoms with Crippen molar-refractivity contribution in [1.29, 1.82) is 0 Å². The van der Waals surface area contributed by atoms with Crippen LogP contribution in [0.25, 0.3) is 11.4 Å². The topological polar surface area (TPSA) is 83.3 Å². The van der Waals surface area contributed by atoms with Crippen molar-refractivity contribution in [3.8, 4) is 11.4 Å². The second kappa shape index (κ2) is 6.55. The molecular weight excluding hydrogens is 331 g/mol. The Kier molecular flexibility index (Phi) is 4.30. The van der Waals surface area contributed by atoms with Gasteiger partial charge in [0.05, 0.1) is 11.8 Å². The minimum Gasteiger partial charge on any atom is -0.478 e. The van der Waals surface area contributed by atoms with Crippen molar-refractivity contribution in [2.75, 3.05) is 0 Å². The first kappa shape index (κ1) is 15.8. The molecule has 0 unspecified atom stereocenters. The van der Waals surface area contributed by atoms with E-state index >= 15 is 0 Å². The van der Waals surface area contributed by atoms with Crippen molar-refractivity contribution >= 4 is 24.4 Å². The second-order valence-electron chi connectivity index (χ2n) is 4.85. The maximum atomic E-state index is 13.4. The molecule has 24 heavy (non-hydrogen) atoms. The van der Waals surface area contributed by atoms with Crippen molar-refractivity contribution in [2.24, 2.45) is 5.10 Å². The smallest absolute Gasteiger partial charge is 0.335 e. The van der Waals surface area contributed by atoms with Crippen LogP contribution in [0.4, 0.5) is 4.39 Å². The summed E-state index contributed by atoms with van der Waals surface area (Å²) >= 11 is 5.14. The fourth-order valence-corrected chi connectivity index (χ4v) is 2.23. The molecule has 2 N–H and O–H groups in total. The summed E-state index contributed by atoms with van der Waals surface area (Å²) in [7, 11) is 0. The van der Waals surface area contributed by atoms with Gasteiger partial charge in [-0.2, -0.15) is 14.9 Å². The molecule has 3 rings (SSSR count). The molecule has 1 aromatic heterocycles. The van der Waals surface area contributed by atoms with E-state index in [0.29, 0.717) is 17.0 Å². The van der Waals surface area contributed by atoms with Crippen molar-refractivity contribution in [2.45, 2.75) is 0 Å². The lowest BCUT2D eigenvalue weighted by atomic mass is 10.1. The van der Waals surface area contributed by atoms with E-state index in [1.165, 1.54) is 35.2 Å². The van der Waals surface area contributed by atoms with Crippen molar-refractivity contribution in [3.05, 3.63) is 70.2 Å². The summed E-state index contributed by atoms with van der Waals surface area (Å²) in [4.78, 5) is 10.8. The molecule has 0 aliphatic heterocycles. The van der Waals surface area contributed by atoms with E-state index in [1.807, 2.05) is 0 Å². The number of nitrogens with zero attached hydrogens (tertiary/aromatic N) is 3. The summed E-state index contributed by atoms with van der Waals surface area (Å²) in [5.74, 6) is -1.01. The zero-order valence-electron chi connectivity index (χ0n) is 12.2. The third-order valence-corrected chi connectivity index (χ3v) is 3.48. The van der Waals surface area contributed by atoms with Crippen LogP contribution in [0.15, 0.2) is 53.6 Å². The van der Waals surface area contributed by atoms with Gasteiger partial charge in [-0.25, -0.2) is 14.3 Å². The number of carbonyl (C=O) groups is 1. The minimum absolute atomic E-state index is 0.188. The van der Waals surface area contributed by atoms with Crippen molar-refractivity contribution < 1.29 is 14.3 Å². The Balaban J connectivity index is 1.94. The lowest BCUT2D eigenvalue weighted by Crippen LogP contribution is -1.97. The van der Waals surface area contributed by atoms with Gasteiger partial charge in [0.1, 0.15) is 5.82 Å². The van der Waals surface area contributed by atoms with Crippen LogP contribution in [0.2, 0.25) is 0 Å². The molecule has 2 aromatic carbocycles. The first-order chi connectivity index (χ1) is 11.5. The number of carboxylic acid groups (broad SMARTS) is 1. The lowest BCUT2D eigenvalue weighted by Gasteiger charge is -2.01. The van der Waals surface area contributed by atoms with Crippen LogP contribution in [-0.2, 0) is 0 Å². The van der Waals surface area contributed by atoms with Gasteiger partial charge in [-0.1, -0.05) is 24.3 Å². The fraction of sp³-hybridized carbons (Fsp3) is 0. The van der Waals surface area contributed by atoms with Gasteiger partial charge >= 0.3 is 5.97 Å². The molecule has 1 heterocycles. The summed E-state index contributed by atoms with van der Waals surface area (Å²) in [6.07, 6.45) is 1.51. The van der Waals surface area contributed by atoms with E-state index in [0.717, 1.165) is 0 Å². The molecule has 0 fully saturated rings. The quantitative estimate of drug-likeness (QED) is 0.563.